The number of likely N-dealkylation sites (tertiary alicyclic amines) is 1. The highest BCUT2D eigenvalue weighted by Gasteiger charge is 2.25. The van der Waals surface area contributed by atoms with E-state index >= 15 is 0 Å². The van der Waals surface area contributed by atoms with Crippen LogP contribution in [0.3, 0.4) is 0 Å². The van der Waals surface area contributed by atoms with Crippen molar-refractivity contribution in [2.45, 2.75) is 25.4 Å². The first-order valence-corrected chi connectivity index (χ1v) is 6.45. The molecule has 0 saturated carbocycles. The minimum absolute atomic E-state index is 0.182. The molecule has 1 aliphatic rings. The van der Waals surface area contributed by atoms with E-state index < -0.39 is 0 Å². The molecule has 0 aliphatic carbocycles. The Kier molecular flexibility index (Phi) is 3.52. The summed E-state index contributed by atoms with van der Waals surface area (Å²) in [5, 5.41) is 13.2. The van der Waals surface area contributed by atoms with Crippen LogP contribution in [0.5, 0.6) is 0 Å². The van der Waals surface area contributed by atoms with Gasteiger partial charge in [-0.3, -0.25) is 9.88 Å². The molecule has 0 radical (unpaired) electrons. The lowest BCUT2D eigenvalue weighted by Crippen LogP contribution is -2.31. The number of aliphatic hydroxyl groups excluding tert-OH is 1. The van der Waals surface area contributed by atoms with E-state index in [0.717, 1.165) is 19.4 Å². The fourth-order valence-corrected chi connectivity index (χ4v) is 2.40. The zero-order valence-electron chi connectivity index (χ0n) is 10.6. The fraction of sp³-hybridized carbons (Fsp3) is 0.462. The predicted octanol–water partition coefficient (Wildman–Crippen LogP) is 1.09. The van der Waals surface area contributed by atoms with Gasteiger partial charge in [0.25, 0.3) is 0 Å². The van der Waals surface area contributed by atoms with Crippen LogP contribution in [0.2, 0.25) is 0 Å². The van der Waals surface area contributed by atoms with Crippen LogP contribution < -0.4 is 0 Å². The van der Waals surface area contributed by atoms with Gasteiger partial charge >= 0.3 is 0 Å². The Morgan fingerprint density at radius 1 is 1.42 bits per heavy atom. The quantitative estimate of drug-likeness (QED) is 0.886. The van der Waals surface area contributed by atoms with Gasteiger partial charge in [-0.2, -0.15) is 4.98 Å². The lowest BCUT2D eigenvalue weighted by Gasteiger charge is -2.20. The molecule has 2 aromatic rings. The standard InChI is InChI=1S/C13H16N4O2/c18-9-10-4-3-7-17(10)8-12-15-13(16-19-12)11-5-1-2-6-14-11/h1-2,5-6,10,18H,3-4,7-9H2/t10-/m0/s1. The maximum absolute atomic E-state index is 9.28. The Labute approximate surface area is 111 Å². The molecule has 1 N–H and O–H groups in total. The first kappa shape index (κ1) is 12.3. The Morgan fingerprint density at radius 2 is 2.37 bits per heavy atom. The maximum atomic E-state index is 9.28. The van der Waals surface area contributed by atoms with Gasteiger partial charge < -0.3 is 9.63 Å². The molecule has 3 rings (SSSR count). The summed E-state index contributed by atoms with van der Waals surface area (Å²) >= 11 is 0. The number of nitrogens with zero attached hydrogens (tertiary/aromatic N) is 4. The largest absolute Gasteiger partial charge is 0.395 e. The van der Waals surface area contributed by atoms with Crippen LogP contribution in [-0.2, 0) is 6.54 Å². The van der Waals surface area contributed by atoms with E-state index in [2.05, 4.69) is 20.0 Å². The van der Waals surface area contributed by atoms with Crippen molar-refractivity contribution in [3.63, 3.8) is 0 Å². The highest BCUT2D eigenvalue weighted by Crippen LogP contribution is 2.20. The van der Waals surface area contributed by atoms with Crippen LogP contribution in [0.25, 0.3) is 11.5 Å². The molecule has 2 aromatic heterocycles. The summed E-state index contributed by atoms with van der Waals surface area (Å²) in [7, 11) is 0. The maximum Gasteiger partial charge on any atom is 0.241 e. The van der Waals surface area contributed by atoms with Crippen molar-refractivity contribution in [3.8, 4) is 11.5 Å². The number of pyridine rings is 1. The average Bonchev–Trinajstić information content (AvgIpc) is 3.09. The highest BCUT2D eigenvalue weighted by molar-refractivity contribution is 5.46. The number of aromatic nitrogens is 3. The number of rotatable bonds is 4. The van der Waals surface area contributed by atoms with Gasteiger partial charge in [0.15, 0.2) is 0 Å². The van der Waals surface area contributed by atoms with E-state index in [1.165, 1.54) is 0 Å². The average molecular weight is 260 g/mol. The predicted molar refractivity (Wildman–Crippen MR) is 68.0 cm³/mol. The van der Waals surface area contributed by atoms with Crippen LogP contribution in [0.15, 0.2) is 28.9 Å². The summed E-state index contributed by atoms with van der Waals surface area (Å²) in [6, 6.07) is 5.80. The van der Waals surface area contributed by atoms with Gasteiger partial charge in [-0.05, 0) is 31.5 Å². The molecular formula is C13H16N4O2. The molecule has 1 fully saturated rings. The Morgan fingerprint density at radius 3 is 3.16 bits per heavy atom. The summed E-state index contributed by atoms with van der Waals surface area (Å²) < 4.78 is 5.25. The van der Waals surface area contributed by atoms with Crippen molar-refractivity contribution in [2.24, 2.45) is 0 Å². The second-order valence-electron chi connectivity index (χ2n) is 4.68. The summed E-state index contributed by atoms with van der Waals surface area (Å²) in [6.45, 7) is 1.73. The highest BCUT2D eigenvalue weighted by atomic mass is 16.5. The number of aliphatic hydroxyl groups is 1. The topological polar surface area (TPSA) is 75.3 Å². The second kappa shape index (κ2) is 5.46. The third kappa shape index (κ3) is 2.64. The molecule has 1 saturated heterocycles. The van der Waals surface area contributed by atoms with E-state index in [0.29, 0.717) is 24.0 Å². The van der Waals surface area contributed by atoms with Gasteiger partial charge in [0.2, 0.25) is 11.7 Å². The Balaban J connectivity index is 1.72. The van der Waals surface area contributed by atoms with Crippen molar-refractivity contribution in [3.05, 3.63) is 30.3 Å². The van der Waals surface area contributed by atoms with Crippen molar-refractivity contribution in [1.29, 1.82) is 0 Å². The lowest BCUT2D eigenvalue weighted by molar-refractivity contribution is 0.141. The number of hydrogen-bond donors (Lipinski definition) is 1. The molecule has 3 heterocycles. The van der Waals surface area contributed by atoms with E-state index in [9.17, 15) is 5.11 Å². The smallest absolute Gasteiger partial charge is 0.241 e. The minimum atomic E-state index is 0.182. The third-order valence-electron chi connectivity index (χ3n) is 3.41. The SMILES string of the molecule is OC[C@@H]1CCCN1Cc1nc(-c2ccccn2)no1. The van der Waals surface area contributed by atoms with Gasteiger partial charge in [0, 0.05) is 12.2 Å². The van der Waals surface area contributed by atoms with E-state index in [4.69, 9.17) is 4.52 Å². The zero-order chi connectivity index (χ0) is 13.1. The summed E-state index contributed by atoms with van der Waals surface area (Å²) in [5.74, 6) is 1.08. The molecule has 19 heavy (non-hydrogen) atoms. The van der Waals surface area contributed by atoms with Gasteiger partial charge in [-0.15, -0.1) is 0 Å². The second-order valence-corrected chi connectivity index (χ2v) is 4.68. The van der Waals surface area contributed by atoms with Crippen molar-refractivity contribution < 1.29 is 9.63 Å². The van der Waals surface area contributed by atoms with Crippen LogP contribution in [-0.4, -0.2) is 44.3 Å². The molecule has 0 unspecified atom stereocenters. The fourth-order valence-electron chi connectivity index (χ4n) is 2.40. The van der Waals surface area contributed by atoms with Crippen molar-refractivity contribution >= 4 is 0 Å². The monoisotopic (exact) mass is 260 g/mol. The molecule has 1 aliphatic heterocycles. The minimum Gasteiger partial charge on any atom is -0.395 e. The van der Waals surface area contributed by atoms with Gasteiger partial charge in [-0.1, -0.05) is 11.2 Å². The molecule has 6 heteroatoms. The normalized spacial score (nSPS) is 19.9. The van der Waals surface area contributed by atoms with Crippen molar-refractivity contribution in [1.82, 2.24) is 20.0 Å². The zero-order valence-corrected chi connectivity index (χ0v) is 10.6. The Hall–Kier alpha value is -1.79. The summed E-state index contributed by atoms with van der Waals surface area (Å²) in [5.41, 5.74) is 0.706. The molecule has 0 spiro atoms. The van der Waals surface area contributed by atoms with Gasteiger partial charge in [0.05, 0.1) is 13.2 Å². The molecular weight excluding hydrogens is 244 g/mol. The lowest BCUT2D eigenvalue weighted by atomic mass is 10.2. The number of hydrogen-bond acceptors (Lipinski definition) is 6. The molecule has 0 amide bonds. The van der Waals surface area contributed by atoms with Crippen LogP contribution in [0, 0.1) is 0 Å². The van der Waals surface area contributed by atoms with Gasteiger partial charge in [-0.25, -0.2) is 0 Å². The van der Waals surface area contributed by atoms with Crippen molar-refractivity contribution in [2.75, 3.05) is 13.2 Å². The molecule has 0 aromatic carbocycles. The van der Waals surface area contributed by atoms with Crippen LogP contribution in [0.4, 0.5) is 0 Å². The van der Waals surface area contributed by atoms with Gasteiger partial charge in [0.1, 0.15) is 5.69 Å². The Bertz CT molecular complexity index is 528. The van der Waals surface area contributed by atoms with E-state index in [1.807, 2.05) is 18.2 Å². The van der Waals surface area contributed by atoms with Crippen LogP contribution in [0.1, 0.15) is 18.7 Å². The molecule has 100 valence electrons. The van der Waals surface area contributed by atoms with Crippen LogP contribution >= 0.6 is 0 Å². The van der Waals surface area contributed by atoms with E-state index in [-0.39, 0.29) is 12.6 Å². The third-order valence-corrected chi connectivity index (χ3v) is 3.41. The first-order chi connectivity index (χ1) is 9.36. The molecule has 1 atom stereocenters. The van der Waals surface area contributed by atoms with E-state index in [1.54, 1.807) is 6.20 Å². The first-order valence-electron chi connectivity index (χ1n) is 6.45. The summed E-state index contributed by atoms with van der Waals surface area (Å²) in [4.78, 5) is 10.7. The molecule has 6 nitrogen and oxygen atoms in total. The molecule has 0 bridgehead atoms. The summed E-state index contributed by atoms with van der Waals surface area (Å²) in [6.07, 6.45) is 3.83.